The molecule has 1 aromatic heterocycles. The molecule has 1 atom stereocenters. The van der Waals surface area contributed by atoms with E-state index < -0.39 is 29.3 Å². The zero-order valence-electron chi connectivity index (χ0n) is 18.5. The fourth-order valence-corrected chi connectivity index (χ4v) is 3.07. The molecule has 7 heteroatoms. The van der Waals surface area contributed by atoms with Crippen LogP contribution in [0.1, 0.15) is 59.9 Å². The number of carbonyl (C=O) groups excluding carboxylic acids is 2. The summed E-state index contributed by atoms with van der Waals surface area (Å²) in [5.74, 6) is -0.228. The van der Waals surface area contributed by atoms with Crippen LogP contribution in [0, 0.1) is 5.92 Å². The summed E-state index contributed by atoms with van der Waals surface area (Å²) in [4.78, 5) is 36.7. The molecule has 1 heterocycles. The largest absolute Gasteiger partial charge is 0.444 e. The van der Waals surface area contributed by atoms with E-state index in [0.29, 0.717) is 12.0 Å². The molecule has 0 spiro atoms. The van der Waals surface area contributed by atoms with Gasteiger partial charge in [0, 0.05) is 17.5 Å². The lowest BCUT2D eigenvalue weighted by molar-refractivity contribution is -0.137. The van der Waals surface area contributed by atoms with E-state index in [1.54, 1.807) is 32.9 Å². The van der Waals surface area contributed by atoms with Crippen molar-refractivity contribution in [2.75, 3.05) is 0 Å². The van der Waals surface area contributed by atoms with Crippen LogP contribution in [0.15, 0.2) is 33.5 Å². The number of benzene rings is 1. The summed E-state index contributed by atoms with van der Waals surface area (Å²) in [6.07, 6.45) is 1.35. The molecule has 0 unspecified atom stereocenters. The Hall–Kier alpha value is -2.83. The predicted molar refractivity (Wildman–Crippen MR) is 115 cm³/mol. The second kappa shape index (κ2) is 9.78. The standard InChI is InChI=1S/C23H31NO6/c1-7-8-15-12-20(25)29-19-13-16(9-10-17(15)19)28-21(26)18(11-14(2)3)24-22(27)30-23(4,5)6/h9-10,12-14,18H,7-8,11H2,1-6H3,(H,24,27)/t18-/m0/s1. The molecule has 2 aromatic rings. The van der Waals surface area contributed by atoms with Crippen LogP contribution in [0.3, 0.4) is 0 Å². The fraction of sp³-hybridized carbons (Fsp3) is 0.522. The first-order chi connectivity index (χ1) is 14.0. The molecule has 0 radical (unpaired) electrons. The van der Waals surface area contributed by atoms with Gasteiger partial charge in [0.25, 0.3) is 0 Å². The Morgan fingerprint density at radius 1 is 1.17 bits per heavy atom. The van der Waals surface area contributed by atoms with E-state index in [0.717, 1.165) is 23.8 Å². The normalized spacial score (nSPS) is 12.6. The van der Waals surface area contributed by atoms with E-state index in [9.17, 15) is 14.4 Å². The average Bonchev–Trinajstić information content (AvgIpc) is 2.58. The van der Waals surface area contributed by atoms with Gasteiger partial charge in [-0.05, 0) is 57.2 Å². The van der Waals surface area contributed by atoms with Gasteiger partial charge in [-0.1, -0.05) is 27.2 Å². The number of hydrogen-bond acceptors (Lipinski definition) is 6. The first-order valence-corrected chi connectivity index (χ1v) is 10.3. The third-order valence-electron chi connectivity index (χ3n) is 4.22. The third-order valence-corrected chi connectivity index (χ3v) is 4.22. The van der Waals surface area contributed by atoms with Crippen molar-refractivity contribution >= 4 is 23.0 Å². The van der Waals surface area contributed by atoms with Gasteiger partial charge in [0.05, 0.1) is 0 Å². The van der Waals surface area contributed by atoms with Crippen LogP contribution in [-0.2, 0) is 16.0 Å². The molecule has 0 aliphatic carbocycles. The number of nitrogens with one attached hydrogen (secondary N) is 1. The number of hydrogen-bond donors (Lipinski definition) is 1. The highest BCUT2D eigenvalue weighted by Gasteiger charge is 2.27. The zero-order valence-corrected chi connectivity index (χ0v) is 18.5. The number of esters is 1. The van der Waals surface area contributed by atoms with E-state index in [-0.39, 0.29) is 11.7 Å². The van der Waals surface area contributed by atoms with Gasteiger partial charge in [0.15, 0.2) is 0 Å². The molecule has 0 saturated heterocycles. The topological polar surface area (TPSA) is 94.8 Å². The minimum atomic E-state index is -0.867. The van der Waals surface area contributed by atoms with Crippen LogP contribution < -0.4 is 15.7 Å². The van der Waals surface area contributed by atoms with Crippen molar-refractivity contribution in [3.05, 3.63) is 40.2 Å². The van der Waals surface area contributed by atoms with Gasteiger partial charge in [-0.3, -0.25) is 0 Å². The number of ether oxygens (including phenoxy) is 2. The molecule has 1 aromatic carbocycles. The van der Waals surface area contributed by atoms with E-state index in [1.165, 1.54) is 12.1 Å². The Labute approximate surface area is 176 Å². The number of fused-ring (bicyclic) bond motifs is 1. The van der Waals surface area contributed by atoms with Crippen molar-refractivity contribution in [2.24, 2.45) is 5.92 Å². The number of carbonyl (C=O) groups is 2. The quantitative estimate of drug-likeness (QED) is 0.402. The monoisotopic (exact) mass is 417 g/mol. The molecule has 0 aliphatic rings. The fourth-order valence-electron chi connectivity index (χ4n) is 3.07. The highest BCUT2D eigenvalue weighted by Crippen LogP contribution is 2.24. The molecule has 2 rings (SSSR count). The summed E-state index contributed by atoms with van der Waals surface area (Å²) >= 11 is 0. The van der Waals surface area contributed by atoms with Crippen molar-refractivity contribution in [3.8, 4) is 5.75 Å². The maximum Gasteiger partial charge on any atom is 0.408 e. The molecule has 0 aliphatic heterocycles. The van der Waals surface area contributed by atoms with Gasteiger partial charge in [-0.2, -0.15) is 0 Å². The molecule has 1 amide bonds. The van der Waals surface area contributed by atoms with Crippen LogP contribution in [0.5, 0.6) is 5.75 Å². The maximum atomic E-state index is 12.7. The van der Waals surface area contributed by atoms with Gasteiger partial charge >= 0.3 is 17.7 Å². The third kappa shape index (κ3) is 6.90. The van der Waals surface area contributed by atoms with Gasteiger partial charge < -0.3 is 19.2 Å². The van der Waals surface area contributed by atoms with Crippen LogP contribution in [0.2, 0.25) is 0 Å². The number of rotatable bonds is 7. The second-order valence-corrected chi connectivity index (χ2v) is 8.75. The highest BCUT2D eigenvalue weighted by atomic mass is 16.6. The first kappa shape index (κ1) is 23.4. The number of alkyl carbamates (subject to hydrolysis) is 1. The van der Waals surface area contributed by atoms with Crippen molar-refractivity contribution in [1.29, 1.82) is 0 Å². The average molecular weight is 418 g/mol. The Morgan fingerprint density at radius 3 is 2.47 bits per heavy atom. The lowest BCUT2D eigenvalue weighted by Crippen LogP contribution is -2.45. The van der Waals surface area contributed by atoms with E-state index in [1.807, 2.05) is 20.8 Å². The summed E-state index contributed by atoms with van der Waals surface area (Å²) in [5, 5.41) is 3.40. The maximum absolute atomic E-state index is 12.7. The lowest BCUT2D eigenvalue weighted by Gasteiger charge is -2.23. The Bertz CT molecular complexity index is 954. The Kier molecular flexibility index (Phi) is 7.65. The van der Waals surface area contributed by atoms with Crippen molar-refractivity contribution in [1.82, 2.24) is 5.32 Å². The molecular formula is C23H31NO6. The minimum Gasteiger partial charge on any atom is -0.444 e. The summed E-state index contributed by atoms with van der Waals surface area (Å²) < 4.78 is 16.0. The Morgan fingerprint density at radius 2 is 1.87 bits per heavy atom. The number of aryl methyl sites for hydroxylation is 1. The molecule has 7 nitrogen and oxygen atoms in total. The second-order valence-electron chi connectivity index (χ2n) is 8.75. The summed E-state index contributed by atoms with van der Waals surface area (Å²) in [6, 6.07) is 5.56. The summed E-state index contributed by atoms with van der Waals surface area (Å²) in [6.45, 7) is 11.2. The SMILES string of the molecule is CCCc1cc(=O)oc2cc(OC(=O)[C@H](CC(C)C)NC(=O)OC(C)(C)C)ccc12. The molecule has 30 heavy (non-hydrogen) atoms. The predicted octanol–water partition coefficient (Wildman–Crippen LogP) is 4.59. The zero-order chi connectivity index (χ0) is 22.5. The summed E-state index contributed by atoms with van der Waals surface area (Å²) in [5.41, 5.74) is 0.129. The molecule has 0 fully saturated rings. The van der Waals surface area contributed by atoms with E-state index in [4.69, 9.17) is 13.9 Å². The van der Waals surface area contributed by atoms with Crippen molar-refractivity contribution < 1.29 is 23.5 Å². The lowest BCUT2D eigenvalue weighted by atomic mass is 10.0. The van der Waals surface area contributed by atoms with Gasteiger partial charge in [-0.15, -0.1) is 0 Å². The van der Waals surface area contributed by atoms with Gasteiger partial charge in [0.2, 0.25) is 0 Å². The molecule has 164 valence electrons. The molecular weight excluding hydrogens is 386 g/mol. The summed E-state index contributed by atoms with van der Waals surface area (Å²) in [7, 11) is 0. The smallest absolute Gasteiger partial charge is 0.408 e. The van der Waals surface area contributed by atoms with Crippen molar-refractivity contribution in [3.63, 3.8) is 0 Å². The Balaban J connectivity index is 2.22. The van der Waals surface area contributed by atoms with Crippen LogP contribution >= 0.6 is 0 Å². The van der Waals surface area contributed by atoms with E-state index >= 15 is 0 Å². The molecule has 0 saturated carbocycles. The number of amides is 1. The van der Waals surface area contributed by atoms with E-state index in [2.05, 4.69) is 5.32 Å². The van der Waals surface area contributed by atoms with Gasteiger partial charge in [-0.25, -0.2) is 14.4 Å². The molecule has 0 bridgehead atoms. The highest BCUT2D eigenvalue weighted by molar-refractivity contribution is 5.85. The van der Waals surface area contributed by atoms with Gasteiger partial charge in [0.1, 0.15) is 23.0 Å². The van der Waals surface area contributed by atoms with Crippen LogP contribution in [0.4, 0.5) is 4.79 Å². The molecule has 1 N–H and O–H groups in total. The van der Waals surface area contributed by atoms with Crippen molar-refractivity contribution in [2.45, 2.75) is 72.4 Å². The van der Waals surface area contributed by atoms with Crippen LogP contribution in [0.25, 0.3) is 11.0 Å². The van der Waals surface area contributed by atoms with Crippen LogP contribution in [-0.4, -0.2) is 23.7 Å². The minimum absolute atomic E-state index is 0.142. The first-order valence-electron chi connectivity index (χ1n) is 10.3.